The zero-order valence-corrected chi connectivity index (χ0v) is 16.5. The number of hydrogen-bond acceptors (Lipinski definition) is 2. The molecular weight excluding hydrogens is 276 g/mol. The number of fused-ring (bicyclic) bond motifs is 2. The van der Waals surface area contributed by atoms with Gasteiger partial charge < -0.3 is 9.16 Å². The van der Waals surface area contributed by atoms with Crippen LogP contribution in [0.4, 0.5) is 0 Å². The molecule has 21 heavy (non-hydrogen) atoms. The number of allylic oxidation sites excluding steroid dienone is 1. The molecule has 0 N–H and O–H groups in total. The fraction of sp³-hybridized carbons (Fsp3) is 0.889. The molecule has 3 atom stereocenters. The zero-order valence-electron chi connectivity index (χ0n) is 15.5. The molecule has 0 saturated heterocycles. The molecule has 0 aromatic rings. The van der Waals surface area contributed by atoms with Crippen molar-refractivity contribution in [3.8, 4) is 0 Å². The van der Waals surface area contributed by atoms with Crippen LogP contribution < -0.4 is 0 Å². The van der Waals surface area contributed by atoms with Crippen LogP contribution in [-0.4, -0.2) is 21.5 Å². The van der Waals surface area contributed by atoms with Crippen molar-refractivity contribution < 1.29 is 9.16 Å². The van der Waals surface area contributed by atoms with Gasteiger partial charge in [0.05, 0.1) is 13.2 Å². The summed E-state index contributed by atoms with van der Waals surface area (Å²) in [6, 6.07) is 0. The van der Waals surface area contributed by atoms with Crippen LogP contribution in [0.15, 0.2) is 11.3 Å². The molecule has 0 aliphatic heterocycles. The summed E-state index contributed by atoms with van der Waals surface area (Å²) >= 11 is 0. The Kier molecular flexibility index (Phi) is 4.17. The second-order valence-corrected chi connectivity index (χ2v) is 14.0. The van der Waals surface area contributed by atoms with Crippen LogP contribution in [0.2, 0.25) is 18.1 Å². The molecule has 0 radical (unpaired) electrons. The Morgan fingerprint density at radius 3 is 2.24 bits per heavy atom. The number of methoxy groups -OCH3 is 1. The van der Waals surface area contributed by atoms with Gasteiger partial charge in [0.1, 0.15) is 5.76 Å². The molecular formula is C18H34O2Si. The van der Waals surface area contributed by atoms with Gasteiger partial charge in [0, 0.05) is 5.92 Å². The molecule has 3 heteroatoms. The highest BCUT2D eigenvalue weighted by Crippen LogP contribution is 2.56. The number of hydrogen-bond donors (Lipinski definition) is 0. The SMILES string of the molecule is COC1=C(C)[C@H]2C[C@@H](O[Si](C)(C)C(C)(C)C)[C@H]1CC2(C)C. The Morgan fingerprint density at radius 2 is 1.76 bits per heavy atom. The largest absolute Gasteiger partial charge is 0.501 e. The highest BCUT2D eigenvalue weighted by molar-refractivity contribution is 6.74. The average Bonchev–Trinajstić information content (AvgIpc) is 2.29. The van der Waals surface area contributed by atoms with Gasteiger partial charge in [-0.1, -0.05) is 34.6 Å². The lowest BCUT2D eigenvalue weighted by Gasteiger charge is -2.54. The van der Waals surface area contributed by atoms with E-state index in [2.05, 4.69) is 54.6 Å². The van der Waals surface area contributed by atoms with Crippen molar-refractivity contribution >= 4 is 8.32 Å². The predicted molar refractivity (Wildman–Crippen MR) is 91.8 cm³/mol. The Balaban J connectivity index is 2.28. The van der Waals surface area contributed by atoms with Crippen molar-refractivity contribution in [1.29, 1.82) is 0 Å². The Hall–Kier alpha value is -0.283. The summed E-state index contributed by atoms with van der Waals surface area (Å²) in [5, 5.41) is 0.269. The lowest BCUT2D eigenvalue weighted by Crippen LogP contribution is -2.53. The molecule has 3 aliphatic carbocycles. The van der Waals surface area contributed by atoms with Crippen LogP contribution in [0.3, 0.4) is 0 Å². The highest BCUT2D eigenvalue weighted by Gasteiger charge is 2.52. The lowest BCUT2D eigenvalue weighted by molar-refractivity contribution is -0.0296. The van der Waals surface area contributed by atoms with Crippen LogP contribution >= 0.6 is 0 Å². The van der Waals surface area contributed by atoms with Crippen molar-refractivity contribution in [2.45, 2.75) is 78.6 Å². The standard InChI is InChI=1S/C18H34O2Si/c1-12-14-10-15(20-21(8,9)17(2,3)4)13(16(12)19-7)11-18(14,5)6/h13-15H,10-11H2,1-9H3/t13-,14-,15-/m1/s1. The van der Waals surface area contributed by atoms with Crippen molar-refractivity contribution in [2.75, 3.05) is 7.11 Å². The molecule has 0 amide bonds. The van der Waals surface area contributed by atoms with Crippen LogP contribution in [0.5, 0.6) is 0 Å². The number of ether oxygens (including phenoxy) is 1. The molecule has 0 spiro atoms. The van der Waals surface area contributed by atoms with Gasteiger partial charge in [0.15, 0.2) is 8.32 Å². The van der Waals surface area contributed by atoms with E-state index in [1.165, 1.54) is 24.2 Å². The van der Waals surface area contributed by atoms with Crippen molar-refractivity contribution in [3.05, 3.63) is 11.3 Å². The topological polar surface area (TPSA) is 18.5 Å². The first-order valence-electron chi connectivity index (χ1n) is 8.33. The van der Waals surface area contributed by atoms with Gasteiger partial charge in [-0.3, -0.25) is 0 Å². The number of rotatable bonds is 3. The molecule has 2 nitrogen and oxygen atoms in total. The Bertz CT molecular complexity index is 443. The fourth-order valence-corrected chi connectivity index (χ4v) is 5.41. The molecule has 3 aliphatic rings. The quantitative estimate of drug-likeness (QED) is 0.653. The minimum atomic E-state index is -1.72. The first kappa shape index (κ1) is 17.1. The van der Waals surface area contributed by atoms with E-state index < -0.39 is 8.32 Å². The maximum absolute atomic E-state index is 6.78. The molecule has 0 heterocycles. The average molecular weight is 311 g/mol. The molecule has 0 aromatic heterocycles. The van der Waals surface area contributed by atoms with Gasteiger partial charge in [0.25, 0.3) is 0 Å². The summed E-state index contributed by atoms with van der Waals surface area (Å²) < 4.78 is 12.6. The molecule has 2 bridgehead atoms. The smallest absolute Gasteiger partial charge is 0.192 e. The molecule has 3 rings (SSSR count). The van der Waals surface area contributed by atoms with E-state index in [4.69, 9.17) is 9.16 Å². The predicted octanol–water partition coefficient (Wildman–Crippen LogP) is 5.36. The Morgan fingerprint density at radius 1 is 1.19 bits per heavy atom. The third-order valence-electron chi connectivity index (χ3n) is 6.33. The maximum Gasteiger partial charge on any atom is 0.192 e. The third kappa shape index (κ3) is 2.84. The summed E-state index contributed by atoms with van der Waals surface area (Å²) in [5.74, 6) is 2.27. The van der Waals surface area contributed by atoms with Gasteiger partial charge in [-0.25, -0.2) is 0 Å². The van der Waals surface area contributed by atoms with Gasteiger partial charge in [-0.05, 0) is 54.8 Å². The van der Waals surface area contributed by atoms with E-state index in [1.54, 1.807) is 0 Å². The molecule has 122 valence electrons. The molecule has 0 aromatic carbocycles. The Labute approximate surface area is 132 Å². The third-order valence-corrected chi connectivity index (χ3v) is 10.8. The molecule has 1 saturated carbocycles. The maximum atomic E-state index is 6.78. The lowest BCUT2D eigenvalue weighted by atomic mass is 9.56. The molecule has 1 fully saturated rings. The normalized spacial score (nSPS) is 32.5. The summed E-state index contributed by atoms with van der Waals surface area (Å²) in [4.78, 5) is 0. The monoisotopic (exact) mass is 310 g/mol. The van der Waals surface area contributed by atoms with Crippen LogP contribution in [0.1, 0.15) is 54.4 Å². The van der Waals surface area contributed by atoms with Crippen LogP contribution in [-0.2, 0) is 9.16 Å². The summed E-state index contributed by atoms with van der Waals surface area (Å²) in [5.41, 5.74) is 1.85. The summed E-state index contributed by atoms with van der Waals surface area (Å²) in [6.45, 7) is 18.8. The van der Waals surface area contributed by atoms with Gasteiger partial charge in [-0.2, -0.15) is 0 Å². The van der Waals surface area contributed by atoms with Crippen LogP contribution in [0.25, 0.3) is 0 Å². The van der Waals surface area contributed by atoms with E-state index >= 15 is 0 Å². The van der Waals surface area contributed by atoms with E-state index in [0.29, 0.717) is 23.4 Å². The minimum absolute atomic E-state index is 0.269. The first-order chi connectivity index (χ1) is 9.40. The zero-order chi connectivity index (χ0) is 16.2. The van der Waals surface area contributed by atoms with Crippen molar-refractivity contribution in [1.82, 2.24) is 0 Å². The second kappa shape index (κ2) is 5.12. The summed E-state index contributed by atoms with van der Waals surface area (Å²) in [7, 11) is 0.111. The van der Waals surface area contributed by atoms with E-state index in [0.717, 1.165) is 0 Å². The highest BCUT2D eigenvalue weighted by atomic mass is 28.4. The van der Waals surface area contributed by atoms with Crippen LogP contribution in [0, 0.1) is 17.3 Å². The van der Waals surface area contributed by atoms with E-state index in [-0.39, 0.29) is 5.04 Å². The van der Waals surface area contributed by atoms with Crippen molar-refractivity contribution in [2.24, 2.45) is 17.3 Å². The minimum Gasteiger partial charge on any atom is -0.501 e. The summed E-state index contributed by atoms with van der Waals surface area (Å²) in [6.07, 6.45) is 2.71. The second-order valence-electron chi connectivity index (χ2n) is 9.26. The van der Waals surface area contributed by atoms with Crippen molar-refractivity contribution in [3.63, 3.8) is 0 Å². The fourth-order valence-electron chi connectivity index (χ4n) is 4.04. The van der Waals surface area contributed by atoms with Gasteiger partial charge in [0.2, 0.25) is 0 Å². The van der Waals surface area contributed by atoms with Gasteiger partial charge in [-0.15, -0.1) is 0 Å². The van der Waals surface area contributed by atoms with Gasteiger partial charge >= 0.3 is 0 Å². The molecule has 0 unspecified atom stereocenters. The first-order valence-corrected chi connectivity index (χ1v) is 11.2. The van der Waals surface area contributed by atoms with E-state index in [9.17, 15) is 0 Å². The van der Waals surface area contributed by atoms with E-state index in [1.807, 2.05) is 7.11 Å².